The molecule has 13 nitrogen and oxygen atoms in total. The smallest absolute Gasteiger partial charge is 0.254 e. The Labute approximate surface area is 247 Å². The van der Waals surface area contributed by atoms with Crippen molar-refractivity contribution in [1.82, 2.24) is 24.0 Å². The number of ether oxygens (including phenoxy) is 1. The van der Waals surface area contributed by atoms with Crippen LogP contribution in [-0.4, -0.2) is 73.4 Å². The highest BCUT2D eigenvalue weighted by molar-refractivity contribution is 7.22. The molecule has 4 N–H and O–H groups in total. The molecule has 2 aliphatic rings. The number of carbonyl (C=O) groups is 1. The average Bonchev–Trinajstić information content (AvgIpc) is 3.75. The maximum atomic E-state index is 12.9. The number of fused-ring (bicyclic) bond motifs is 2. The van der Waals surface area contributed by atoms with Crippen LogP contribution in [0, 0.1) is 0 Å². The highest BCUT2D eigenvalue weighted by Gasteiger charge is 2.27. The normalized spacial score (nSPS) is 19.5. The number of nitrogens with two attached hydrogens (primary N) is 1. The molecular formula is C27H28N8O5S2. The van der Waals surface area contributed by atoms with Crippen molar-refractivity contribution >= 4 is 55.7 Å². The van der Waals surface area contributed by atoms with Crippen LogP contribution < -0.4 is 21.4 Å². The highest BCUT2D eigenvalue weighted by atomic mass is 32.1. The number of nitrogens with one attached hydrogen (secondary N) is 1. The van der Waals surface area contributed by atoms with Crippen LogP contribution in [0.3, 0.4) is 0 Å². The van der Waals surface area contributed by atoms with Crippen LogP contribution in [0.4, 0.5) is 10.9 Å². The van der Waals surface area contributed by atoms with Gasteiger partial charge < -0.3 is 30.2 Å². The minimum absolute atomic E-state index is 0.174. The lowest BCUT2D eigenvalue weighted by atomic mass is 9.93. The van der Waals surface area contributed by atoms with Gasteiger partial charge in [0, 0.05) is 30.5 Å². The number of anilines is 2. The quantitative estimate of drug-likeness (QED) is 0.248. The van der Waals surface area contributed by atoms with E-state index in [-0.39, 0.29) is 23.5 Å². The molecule has 1 amide bonds. The summed E-state index contributed by atoms with van der Waals surface area (Å²) >= 11 is 2.77. The van der Waals surface area contributed by atoms with E-state index in [0.717, 1.165) is 52.5 Å². The fourth-order valence-corrected chi connectivity index (χ4v) is 7.51. The van der Waals surface area contributed by atoms with E-state index in [1.807, 2.05) is 6.07 Å². The van der Waals surface area contributed by atoms with Gasteiger partial charge in [0.2, 0.25) is 11.4 Å². The van der Waals surface area contributed by atoms with Gasteiger partial charge in [-0.2, -0.15) is 4.37 Å². The van der Waals surface area contributed by atoms with E-state index in [4.69, 9.17) is 19.9 Å². The maximum Gasteiger partial charge on any atom is 0.254 e. The van der Waals surface area contributed by atoms with Crippen LogP contribution in [-0.2, 0) is 11.2 Å². The summed E-state index contributed by atoms with van der Waals surface area (Å²) in [6.07, 6.45) is 6.30. The molecule has 0 radical (unpaired) electrons. The molecule has 0 aromatic carbocycles. The third kappa shape index (κ3) is 4.91. The van der Waals surface area contributed by atoms with Gasteiger partial charge in [0.25, 0.3) is 5.91 Å². The number of furan rings is 1. The van der Waals surface area contributed by atoms with Gasteiger partial charge in [-0.15, -0.1) is 21.5 Å². The Bertz CT molecular complexity index is 1840. The first-order valence-corrected chi connectivity index (χ1v) is 15.4. The molecule has 0 unspecified atom stereocenters. The van der Waals surface area contributed by atoms with Crippen molar-refractivity contribution in [3.05, 3.63) is 51.1 Å². The second-order valence-corrected chi connectivity index (χ2v) is 12.4. The van der Waals surface area contributed by atoms with Crippen molar-refractivity contribution in [2.45, 2.75) is 44.2 Å². The van der Waals surface area contributed by atoms with Gasteiger partial charge in [0.1, 0.15) is 18.2 Å². The number of amides is 1. The van der Waals surface area contributed by atoms with Gasteiger partial charge in [-0.25, -0.2) is 4.98 Å². The van der Waals surface area contributed by atoms with Gasteiger partial charge in [-0.1, -0.05) is 12.8 Å². The molecule has 1 saturated carbocycles. The third-order valence-electron chi connectivity index (χ3n) is 7.75. The van der Waals surface area contributed by atoms with Crippen LogP contribution >= 0.6 is 22.9 Å². The fourth-order valence-electron chi connectivity index (χ4n) is 5.59. The van der Waals surface area contributed by atoms with Gasteiger partial charge in [-0.05, 0) is 30.4 Å². The van der Waals surface area contributed by atoms with Gasteiger partial charge in [0.05, 0.1) is 52.0 Å². The Hall–Kier alpha value is -3.92. The number of nitrogens with zero attached hydrogens (tertiary/aromatic N) is 6. The molecule has 42 heavy (non-hydrogen) atoms. The van der Waals surface area contributed by atoms with Crippen molar-refractivity contribution in [2.24, 2.45) is 5.73 Å². The van der Waals surface area contributed by atoms with Crippen molar-refractivity contribution in [3.8, 4) is 11.3 Å². The Morgan fingerprint density at radius 2 is 2.05 bits per heavy atom. The van der Waals surface area contributed by atoms with Gasteiger partial charge >= 0.3 is 0 Å². The van der Waals surface area contributed by atoms with Crippen LogP contribution in [0.1, 0.15) is 46.6 Å². The monoisotopic (exact) mass is 608 g/mol. The number of rotatable bonds is 7. The summed E-state index contributed by atoms with van der Waals surface area (Å²) in [5, 5.41) is 22.9. The predicted octanol–water partition coefficient (Wildman–Crippen LogP) is 2.66. The van der Waals surface area contributed by atoms with Gasteiger partial charge in [-0.3, -0.25) is 14.0 Å². The zero-order valence-electron chi connectivity index (χ0n) is 22.5. The summed E-state index contributed by atoms with van der Waals surface area (Å²) in [6.45, 7) is 2.68. The molecule has 15 heteroatoms. The number of primary amides is 1. The van der Waals surface area contributed by atoms with Crippen LogP contribution in [0.15, 0.2) is 33.9 Å². The molecule has 1 saturated heterocycles. The molecule has 218 valence electrons. The zero-order valence-corrected chi connectivity index (χ0v) is 24.1. The van der Waals surface area contributed by atoms with Gasteiger partial charge in [0.15, 0.2) is 11.2 Å². The summed E-state index contributed by atoms with van der Waals surface area (Å²) in [6, 6.07) is 3.35. The number of aromatic nitrogens is 5. The summed E-state index contributed by atoms with van der Waals surface area (Å²) in [5.74, 6) is -0.224. The lowest BCUT2D eigenvalue weighted by Crippen LogP contribution is -2.37. The number of aliphatic hydroxyl groups excluding tert-OH is 1. The molecule has 5 aromatic heterocycles. The van der Waals surface area contributed by atoms with Crippen molar-refractivity contribution in [3.63, 3.8) is 0 Å². The summed E-state index contributed by atoms with van der Waals surface area (Å²) in [4.78, 5) is 33.2. The lowest BCUT2D eigenvalue weighted by molar-refractivity contribution is 0.0999. The molecule has 6 heterocycles. The summed E-state index contributed by atoms with van der Waals surface area (Å²) < 4.78 is 18.1. The minimum atomic E-state index is -0.661. The predicted molar refractivity (Wildman–Crippen MR) is 158 cm³/mol. The minimum Gasteiger partial charge on any atom is -0.459 e. The molecule has 7 rings (SSSR count). The second kappa shape index (κ2) is 11.1. The van der Waals surface area contributed by atoms with E-state index in [0.29, 0.717) is 48.2 Å². The highest BCUT2D eigenvalue weighted by Crippen LogP contribution is 2.37. The first kappa shape index (κ1) is 26.9. The van der Waals surface area contributed by atoms with E-state index >= 15 is 0 Å². The number of morpholine rings is 1. The molecule has 5 aromatic rings. The molecule has 1 aliphatic heterocycles. The van der Waals surface area contributed by atoms with Crippen molar-refractivity contribution in [1.29, 1.82) is 0 Å². The van der Waals surface area contributed by atoms with Crippen molar-refractivity contribution in [2.75, 3.05) is 36.5 Å². The van der Waals surface area contributed by atoms with Crippen LogP contribution in [0.2, 0.25) is 0 Å². The fraction of sp³-hybridized carbons (Fsp3) is 0.407. The number of carbonyl (C=O) groups excluding carboxylic acids is 1. The number of hydrogen-bond donors (Lipinski definition) is 3. The molecule has 0 spiro atoms. The molecule has 2 fully saturated rings. The van der Waals surface area contributed by atoms with E-state index in [9.17, 15) is 14.7 Å². The average molecular weight is 609 g/mol. The SMILES string of the molecule is NC(=O)c1c(Cc2cc(-c3coc4c(=O)cc(N5CCOCC5)sc34)ns2)nc(N[C@@H]2CCCC[C@@H]2O)n2cnnc12. The Kier molecular flexibility index (Phi) is 7.09. The molecule has 1 aliphatic carbocycles. The Morgan fingerprint density at radius 3 is 2.86 bits per heavy atom. The van der Waals surface area contributed by atoms with E-state index in [1.165, 1.54) is 29.2 Å². The second-order valence-electron chi connectivity index (χ2n) is 10.5. The first-order valence-electron chi connectivity index (χ1n) is 13.8. The topological polar surface area (TPSA) is 174 Å². The van der Waals surface area contributed by atoms with Crippen LogP contribution in [0.5, 0.6) is 0 Å². The van der Waals surface area contributed by atoms with E-state index in [1.54, 1.807) is 16.7 Å². The van der Waals surface area contributed by atoms with Crippen LogP contribution in [0.25, 0.3) is 27.2 Å². The number of hydrogen-bond acceptors (Lipinski definition) is 13. The first-order chi connectivity index (χ1) is 20.5. The zero-order chi connectivity index (χ0) is 28.8. The van der Waals surface area contributed by atoms with E-state index < -0.39 is 12.0 Å². The Morgan fingerprint density at radius 1 is 1.21 bits per heavy atom. The lowest BCUT2D eigenvalue weighted by Gasteiger charge is -2.29. The summed E-state index contributed by atoms with van der Waals surface area (Å²) in [5.41, 5.74) is 8.23. The molecular weight excluding hydrogens is 580 g/mol. The standard InChI is InChI=1S/C27H28N8O5S2/c28-25(38)22-18(31-27(35-13-29-32-26(22)35)30-16-3-1-2-4-19(16)36)10-14-9-17(33-42-14)15-12-40-23-20(37)11-21(41-24(15)23)34-5-7-39-8-6-34/h9,11-13,16,19,36H,1-8,10H2,(H2,28,38)(H,30,31)/t16-,19+/m1/s1. The molecule has 2 atom stereocenters. The number of aliphatic hydroxyl groups is 1. The van der Waals surface area contributed by atoms with Crippen molar-refractivity contribution < 1.29 is 19.1 Å². The molecule has 0 bridgehead atoms. The maximum absolute atomic E-state index is 12.9. The Balaban J connectivity index is 1.23. The van der Waals surface area contributed by atoms with E-state index in [2.05, 4.69) is 24.8 Å². The third-order valence-corrected chi connectivity index (χ3v) is 9.73. The largest absolute Gasteiger partial charge is 0.459 e. The summed E-state index contributed by atoms with van der Waals surface area (Å²) in [7, 11) is 0.